The maximum absolute atomic E-state index is 13.7. The van der Waals surface area contributed by atoms with Gasteiger partial charge in [-0.2, -0.15) is 23.0 Å². The molecule has 2 aliphatic heterocycles. The lowest BCUT2D eigenvalue weighted by Gasteiger charge is -2.35. The molecule has 0 spiro atoms. The number of piperazine rings is 1. The maximum atomic E-state index is 13.7. The summed E-state index contributed by atoms with van der Waals surface area (Å²) in [7, 11) is 0. The number of aromatic nitrogens is 2. The van der Waals surface area contributed by atoms with Crippen LogP contribution in [0.2, 0.25) is 0 Å². The minimum absolute atomic E-state index is 0.198. The Balaban J connectivity index is 1.49. The lowest BCUT2D eigenvalue weighted by atomic mass is 10.0. The van der Waals surface area contributed by atoms with E-state index in [2.05, 4.69) is 10.00 Å². The summed E-state index contributed by atoms with van der Waals surface area (Å²) in [4.78, 5) is 18.3. The molecule has 0 radical (unpaired) electrons. The number of halogens is 3. The van der Waals surface area contributed by atoms with Gasteiger partial charge in [0.25, 0.3) is 0 Å². The molecular weight excluding hydrogens is 395 g/mol. The molecule has 162 valence electrons. The van der Waals surface area contributed by atoms with Crippen LogP contribution in [0, 0.1) is 6.92 Å². The summed E-state index contributed by atoms with van der Waals surface area (Å²) in [5.74, 6) is 0. The fraction of sp³-hybridized carbons (Fsp3) is 0.524. The number of carbonyl (C=O) groups excluding carboxylic acids is 1. The summed E-state index contributed by atoms with van der Waals surface area (Å²) in [6.45, 7) is 5.65. The van der Waals surface area contributed by atoms with Gasteiger partial charge in [-0.1, -0.05) is 6.07 Å². The highest BCUT2D eigenvalue weighted by atomic mass is 19.4. The second kappa shape index (κ2) is 8.29. The fourth-order valence-electron chi connectivity index (χ4n) is 4.24. The molecule has 2 aliphatic rings. The molecule has 1 aromatic heterocycles. The van der Waals surface area contributed by atoms with Crippen molar-refractivity contribution >= 4 is 11.7 Å². The molecule has 4 rings (SSSR count). The second-order valence-electron chi connectivity index (χ2n) is 8.00. The Kier molecular flexibility index (Phi) is 5.73. The third-order valence-electron chi connectivity index (χ3n) is 5.84. The number of rotatable bonds is 3. The van der Waals surface area contributed by atoms with E-state index in [-0.39, 0.29) is 12.6 Å². The smallest absolute Gasteiger partial charge is 0.371 e. The van der Waals surface area contributed by atoms with Gasteiger partial charge in [0.15, 0.2) is 0 Å². The van der Waals surface area contributed by atoms with Crippen molar-refractivity contribution in [3.05, 3.63) is 47.3 Å². The van der Waals surface area contributed by atoms with E-state index < -0.39 is 11.7 Å². The van der Waals surface area contributed by atoms with Crippen LogP contribution in [-0.4, -0.2) is 64.9 Å². The summed E-state index contributed by atoms with van der Waals surface area (Å²) in [6, 6.07) is 4.28. The van der Waals surface area contributed by atoms with Crippen molar-refractivity contribution in [2.75, 3.05) is 44.2 Å². The lowest BCUT2D eigenvalue weighted by molar-refractivity contribution is -0.138. The molecule has 30 heavy (non-hydrogen) atoms. The van der Waals surface area contributed by atoms with E-state index in [0.29, 0.717) is 37.4 Å². The Bertz CT molecular complexity index is 896. The number of hydrogen-bond acceptors (Lipinski definition) is 4. The number of amides is 1. The molecule has 2 saturated heterocycles. The van der Waals surface area contributed by atoms with Crippen LogP contribution in [0.3, 0.4) is 0 Å². The highest BCUT2D eigenvalue weighted by Crippen LogP contribution is 2.38. The zero-order valence-electron chi connectivity index (χ0n) is 17.0. The van der Waals surface area contributed by atoms with Crippen molar-refractivity contribution < 1.29 is 18.0 Å². The SMILES string of the molecule is Cc1cnn(C(=O)N2CCN(Cc3c(N4CCCC4)cccc3C(F)(F)F)CC2)c1. The quantitative estimate of drug-likeness (QED) is 0.760. The first-order valence-electron chi connectivity index (χ1n) is 10.3. The van der Waals surface area contributed by atoms with E-state index >= 15 is 0 Å². The van der Waals surface area contributed by atoms with E-state index in [4.69, 9.17) is 0 Å². The van der Waals surface area contributed by atoms with Crippen LogP contribution in [0.25, 0.3) is 0 Å². The molecule has 0 atom stereocenters. The largest absolute Gasteiger partial charge is 0.416 e. The normalized spacial score (nSPS) is 18.3. The van der Waals surface area contributed by atoms with Crippen LogP contribution in [0.4, 0.5) is 23.7 Å². The number of carbonyl (C=O) groups is 1. The highest BCUT2D eigenvalue weighted by Gasteiger charge is 2.36. The number of benzene rings is 1. The molecule has 0 N–H and O–H groups in total. The molecule has 6 nitrogen and oxygen atoms in total. The number of aryl methyl sites for hydroxylation is 1. The molecule has 1 amide bonds. The van der Waals surface area contributed by atoms with E-state index in [0.717, 1.165) is 31.5 Å². The molecule has 2 fully saturated rings. The first kappa shape index (κ1) is 20.7. The van der Waals surface area contributed by atoms with Crippen molar-refractivity contribution in [1.29, 1.82) is 0 Å². The van der Waals surface area contributed by atoms with E-state index in [9.17, 15) is 18.0 Å². The van der Waals surface area contributed by atoms with Crippen LogP contribution in [-0.2, 0) is 12.7 Å². The molecular formula is C21H26F3N5O. The van der Waals surface area contributed by atoms with Crippen LogP contribution >= 0.6 is 0 Å². The Morgan fingerprint density at radius 3 is 2.37 bits per heavy atom. The predicted octanol–water partition coefficient (Wildman–Crippen LogP) is 3.60. The highest BCUT2D eigenvalue weighted by molar-refractivity contribution is 5.76. The van der Waals surface area contributed by atoms with Gasteiger partial charge in [0.1, 0.15) is 0 Å². The number of hydrogen-bond donors (Lipinski definition) is 0. The molecule has 0 aliphatic carbocycles. The zero-order valence-corrected chi connectivity index (χ0v) is 17.0. The molecule has 0 saturated carbocycles. The average Bonchev–Trinajstić information content (AvgIpc) is 3.39. The van der Waals surface area contributed by atoms with Crippen molar-refractivity contribution in [2.45, 2.75) is 32.5 Å². The monoisotopic (exact) mass is 421 g/mol. The minimum atomic E-state index is -4.39. The first-order chi connectivity index (χ1) is 14.3. The summed E-state index contributed by atoms with van der Waals surface area (Å²) < 4.78 is 42.5. The average molecular weight is 421 g/mol. The molecule has 0 unspecified atom stereocenters. The van der Waals surface area contributed by atoms with Crippen molar-refractivity contribution in [2.24, 2.45) is 0 Å². The molecule has 2 aromatic rings. The van der Waals surface area contributed by atoms with Gasteiger partial charge >= 0.3 is 12.2 Å². The van der Waals surface area contributed by atoms with Crippen LogP contribution in [0.5, 0.6) is 0 Å². The van der Waals surface area contributed by atoms with Crippen molar-refractivity contribution in [3.63, 3.8) is 0 Å². The standard InChI is InChI=1S/C21H26F3N5O/c1-16-13-25-29(14-16)20(30)28-11-9-26(10-12-28)15-17-18(21(22,23)24)5-4-6-19(17)27-7-2-3-8-27/h4-6,13-14H,2-3,7-12,15H2,1H3. The Labute approximate surface area is 173 Å². The van der Waals surface area contributed by atoms with Crippen LogP contribution < -0.4 is 4.90 Å². The second-order valence-corrected chi connectivity index (χ2v) is 8.00. The fourth-order valence-corrected chi connectivity index (χ4v) is 4.24. The van der Waals surface area contributed by atoms with Gasteiger partial charge in [-0.15, -0.1) is 0 Å². The number of nitrogens with zero attached hydrogens (tertiary/aromatic N) is 5. The number of anilines is 1. The van der Waals surface area contributed by atoms with E-state index in [1.807, 2.05) is 11.8 Å². The molecule has 9 heteroatoms. The van der Waals surface area contributed by atoms with Crippen LogP contribution in [0.1, 0.15) is 29.5 Å². The predicted molar refractivity (Wildman–Crippen MR) is 107 cm³/mol. The molecule has 0 bridgehead atoms. The Morgan fingerprint density at radius 2 is 1.77 bits per heavy atom. The van der Waals surface area contributed by atoms with Crippen molar-refractivity contribution in [1.82, 2.24) is 19.6 Å². The topological polar surface area (TPSA) is 44.6 Å². The van der Waals surface area contributed by atoms with Gasteiger partial charge in [-0.05, 0) is 37.5 Å². The van der Waals surface area contributed by atoms with Crippen molar-refractivity contribution in [3.8, 4) is 0 Å². The maximum Gasteiger partial charge on any atom is 0.416 e. The van der Waals surface area contributed by atoms with Gasteiger partial charge in [0.2, 0.25) is 0 Å². The van der Waals surface area contributed by atoms with Gasteiger partial charge in [-0.3, -0.25) is 4.90 Å². The van der Waals surface area contributed by atoms with Gasteiger partial charge in [0, 0.05) is 63.3 Å². The summed E-state index contributed by atoms with van der Waals surface area (Å²) >= 11 is 0. The van der Waals surface area contributed by atoms with E-state index in [1.165, 1.54) is 16.8 Å². The summed E-state index contributed by atoms with van der Waals surface area (Å²) in [5, 5.41) is 4.05. The molecule has 1 aromatic carbocycles. The third kappa shape index (κ3) is 4.30. The molecule has 3 heterocycles. The third-order valence-corrected chi connectivity index (χ3v) is 5.84. The summed E-state index contributed by atoms with van der Waals surface area (Å²) in [5.41, 5.74) is 1.37. The van der Waals surface area contributed by atoms with Gasteiger partial charge in [0.05, 0.1) is 11.8 Å². The lowest BCUT2D eigenvalue weighted by Crippen LogP contribution is -2.49. The van der Waals surface area contributed by atoms with Gasteiger partial charge < -0.3 is 9.80 Å². The van der Waals surface area contributed by atoms with Gasteiger partial charge in [-0.25, -0.2) is 4.79 Å². The first-order valence-corrected chi connectivity index (χ1v) is 10.3. The van der Waals surface area contributed by atoms with Crippen LogP contribution in [0.15, 0.2) is 30.6 Å². The minimum Gasteiger partial charge on any atom is -0.371 e. The Hall–Kier alpha value is -2.55. The summed E-state index contributed by atoms with van der Waals surface area (Å²) in [6.07, 6.45) is 0.923. The number of alkyl halides is 3. The zero-order chi connectivity index (χ0) is 21.3. The Morgan fingerprint density at radius 1 is 1.07 bits per heavy atom. The van der Waals surface area contributed by atoms with E-state index in [1.54, 1.807) is 23.4 Å².